The van der Waals surface area contributed by atoms with Gasteiger partial charge in [-0.15, -0.1) is 0 Å². The zero-order valence-corrected chi connectivity index (χ0v) is 14.0. The van der Waals surface area contributed by atoms with Crippen LogP contribution in [-0.4, -0.2) is 33.9 Å². The van der Waals surface area contributed by atoms with Crippen LogP contribution in [0.25, 0.3) is 6.08 Å². The molecule has 2 rings (SSSR count). The van der Waals surface area contributed by atoms with Crippen LogP contribution >= 0.6 is 0 Å². The van der Waals surface area contributed by atoms with Crippen molar-refractivity contribution in [2.75, 3.05) is 0 Å². The molecule has 10 heteroatoms. The summed E-state index contributed by atoms with van der Waals surface area (Å²) in [6.45, 7) is 1.26. The molecular formula is C17H15N3O7. The Bertz CT molecular complexity index is 886. The van der Waals surface area contributed by atoms with E-state index in [9.17, 15) is 24.5 Å². The maximum atomic E-state index is 12.3. The summed E-state index contributed by atoms with van der Waals surface area (Å²) in [5, 5.41) is 24.2. The standard InChI is InChI=1S/C17H15N3O7/c1-10(17(23)24)18-15(21)13(19-16(22)14-3-2-8-27-14)9-11-4-6-12(7-5-11)20(25)26/h2-10H,1H3,(H,18,21)(H,19,22)(H,23,24). The van der Waals surface area contributed by atoms with Crippen molar-refractivity contribution in [3.8, 4) is 0 Å². The molecule has 140 valence electrons. The van der Waals surface area contributed by atoms with Crippen LogP contribution in [-0.2, 0) is 9.59 Å². The lowest BCUT2D eigenvalue weighted by Crippen LogP contribution is -2.42. The Balaban J connectivity index is 2.29. The number of nitro benzene ring substituents is 1. The molecule has 1 aromatic heterocycles. The maximum Gasteiger partial charge on any atom is 0.325 e. The Morgan fingerprint density at radius 2 is 1.89 bits per heavy atom. The molecule has 1 heterocycles. The fraction of sp³-hybridized carbons (Fsp3) is 0.118. The van der Waals surface area contributed by atoms with Gasteiger partial charge < -0.3 is 20.2 Å². The molecule has 1 aromatic carbocycles. The first-order valence-corrected chi connectivity index (χ1v) is 7.62. The van der Waals surface area contributed by atoms with Crippen LogP contribution in [0.2, 0.25) is 0 Å². The first-order chi connectivity index (χ1) is 12.8. The summed E-state index contributed by atoms with van der Waals surface area (Å²) in [6.07, 6.45) is 2.54. The van der Waals surface area contributed by atoms with Crippen molar-refractivity contribution < 1.29 is 28.8 Å². The van der Waals surface area contributed by atoms with E-state index in [2.05, 4.69) is 10.6 Å². The van der Waals surface area contributed by atoms with Gasteiger partial charge in [-0.3, -0.25) is 24.5 Å². The highest BCUT2D eigenvalue weighted by Gasteiger charge is 2.20. The molecule has 27 heavy (non-hydrogen) atoms. The van der Waals surface area contributed by atoms with Gasteiger partial charge in [0.2, 0.25) is 0 Å². The Morgan fingerprint density at radius 3 is 2.41 bits per heavy atom. The third-order valence-corrected chi connectivity index (χ3v) is 3.37. The predicted octanol–water partition coefficient (Wildman–Crippen LogP) is 1.55. The van der Waals surface area contributed by atoms with Crippen LogP contribution in [0.3, 0.4) is 0 Å². The van der Waals surface area contributed by atoms with Gasteiger partial charge in [0.05, 0.1) is 11.2 Å². The molecule has 0 aliphatic carbocycles. The average molecular weight is 373 g/mol. The zero-order valence-electron chi connectivity index (χ0n) is 14.0. The molecule has 1 unspecified atom stereocenters. The summed E-state index contributed by atoms with van der Waals surface area (Å²) in [7, 11) is 0. The highest BCUT2D eigenvalue weighted by Crippen LogP contribution is 2.14. The monoisotopic (exact) mass is 373 g/mol. The number of nitrogens with zero attached hydrogens (tertiary/aromatic N) is 1. The van der Waals surface area contributed by atoms with E-state index < -0.39 is 28.7 Å². The Hall–Kier alpha value is -3.95. The molecule has 0 saturated heterocycles. The third kappa shape index (κ3) is 5.26. The number of carbonyl (C=O) groups is 3. The largest absolute Gasteiger partial charge is 0.480 e. The lowest BCUT2D eigenvalue weighted by Gasteiger charge is -2.13. The molecule has 1 atom stereocenters. The van der Waals surface area contributed by atoms with Gasteiger partial charge >= 0.3 is 5.97 Å². The molecule has 0 aliphatic rings. The first kappa shape index (κ1) is 19.4. The van der Waals surface area contributed by atoms with E-state index in [1.807, 2.05) is 0 Å². The average Bonchev–Trinajstić information content (AvgIpc) is 3.16. The van der Waals surface area contributed by atoms with Crippen LogP contribution in [0.1, 0.15) is 23.0 Å². The minimum Gasteiger partial charge on any atom is -0.480 e. The zero-order chi connectivity index (χ0) is 20.0. The molecular weight excluding hydrogens is 358 g/mol. The van der Waals surface area contributed by atoms with E-state index in [0.29, 0.717) is 5.56 Å². The molecule has 10 nitrogen and oxygen atoms in total. The van der Waals surface area contributed by atoms with E-state index in [1.165, 1.54) is 55.7 Å². The number of amides is 2. The van der Waals surface area contributed by atoms with Crippen LogP contribution in [0, 0.1) is 10.1 Å². The van der Waals surface area contributed by atoms with Gasteiger partial charge in [-0.1, -0.05) is 0 Å². The Kier molecular flexibility index (Phi) is 6.05. The highest BCUT2D eigenvalue weighted by atomic mass is 16.6. The number of aliphatic carboxylic acids is 1. The van der Waals surface area contributed by atoms with E-state index in [4.69, 9.17) is 9.52 Å². The van der Waals surface area contributed by atoms with Crippen LogP contribution in [0.4, 0.5) is 5.69 Å². The summed E-state index contributed by atoms with van der Waals surface area (Å²) >= 11 is 0. The molecule has 0 saturated carbocycles. The number of non-ortho nitro benzene ring substituents is 1. The van der Waals surface area contributed by atoms with Crippen molar-refractivity contribution in [2.24, 2.45) is 0 Å². The van der Waals surface area contributed by atoms with Crippen molar-refractivity contribution in [3.63, 3.8) is 0 Å². The minimum absolute atomic E-state index is 0.0521. The van der Waals surface area contributed by atoms with Crippen molar-refractivity contribution in [1.82, 2.24) is 10.6 Å². The number of carbonyl (C=O) groups excluding carboxylic acids is 2. The second kappa shape index (κ2) is 8.43. The number of carboxylic acid groups (broad SMARTS) is 1. The summed E-state index contributed by atoms with van der Waals surface area (Å²) in [6, 6.07) is 6.90. The van der Waals surface area contributed by atoms with Crippen LogP contribution < -0.4 is 10.6 Å². The number of carboxylic acids is 1. The molecule has 0 fully saturated rings. The fourth-order valence-electron chi connectivity index (χ4n) is 1.95. The van der Waals surface area contributed by atoms with Gasteiger partial charge in [0, 0.05) is 12.1 Å². The number of benzene rings is 1. The van der Waals surface area contributed by atoms with Gasteiger partial charge in [-0.05, 0) is 42.8 Å². The molecule has 2 aromatic rings. The van der Waals surface area contributed by atoms with Crippen molar-refractivity contribution >= 4 is 29.5 Å². The van der Waals surface area contributed by atoms with Crippen LogP contribution in [0.5, 0.6) is 0 Å². The Labute approximate surface area is 152 Å². The van der Waals surface area contributed by atoms with E-state index in [0.717, 1.165) is 0 Å². The third-order valence-electron chi connectivity index (χ3n) is 3.37. The molecule has 2 amide bonds. The second-order valence-electron chi connectivity index (χ2n) is 5.37. The summed E-state index contributed by atoms with van der Waals surface area (Å²) in [4.78, 5) is 45.5. The second-order valence-corrected chi connectivity index (χ2v) is 5.37. The minimum atomic E-state index is -1.25. The predicted molar refractivity (Wildman–Crippen MR) is 92.5 cm³/mol. The number of nitrogens with one attached hydrogen (secondary N) is 2. The molecule has 0 bridgehead atoms. The van der Waals surface area contributed by atoms with E-state index in [1.54, 1.807) is 0 Å². The highest BCUT2D eigenvalue weighted by molar-refractivity contribution is 6.05. The van der Waals surface area contributed by atoms with Crippen molar-refractivity contribution in [1.29, 1.82) is 0 Å². The molecule has 3 N–H and O–H groups in total. The number of nitro groups is 1. The first-order valence-electron chi connectivity index (χ1n) is 7.62. The van der Waals surface area contributed by atoms with Crippen molar-refractivity contribution in [3.05, 3.63) is 69.8 Å². The molecule has 0 spiro atoms. The lowest BCUT2D eigenvalue weighted by atomic mass is 10.1. The SMILES string of the molecule is CC(NC(=O)C(=Cc1ccc([N+](=O)[O-])cc1)NC(=O)c1ccco1)C(=O)O. The normalized spacial score (nSPS) is 12.1. The van der Waals surface area contributed by atoms with Gasteiger partial charge in [0.25, 0.3) is 17.5 Å². The molecule has 0 radical (unpaired) electrons. The number of rotatable bonds is 7. The van der Waals surface area contributed by atoms with Crippen LogP contribution in [0.15, 0.2) is 52.8 Å². The number of furan rings is 1. The fourth-order valence-corrected chi connectivity index (χ4v) is 1.95. The number of hydrogen-bond acceptors (Lipinski definition) is 6. The summed E-state index contributed by atoms with van der Waals surface area (Å²) in [5.41, 5.74) is -0.0101. The van der Waals surface area contributed by atoms with E-state index >= 15 is 0 Å². The quantitative estimate of drug-likeness (QED) is 0.378. The number of hydrogen-bond donors (Lipinski definition) is 3. The summed E-state index contributed by atoms with van der Waals surface area (Å²) < 4.78 is 4.95. The Morgan fingerprint density at radius 1 is 1.22 bits per heavy atom. The lowest BCUT2D eigenvalue weighted by molar-refractivity contribution is -0.384. The van der Waals surface area contributed by atoms with Gasteiger partial charge in [-0.2, -0.15) is 0 Å². The van der Waals surface area contributed by atoms with E-state index in [-0.39, 0.29) is 17.1 Å². The van der Waals surface area contributed by atoms with Crippen molar-refractivity contribution in [2.45, 2.75) is 13.0 Å². The topological polar surface area (TPSA) is 152 Å². The summed E-state index contributed by atoms with van der Waals surface area (Å²) in [5.74, 6) is -2.87. The van der Waals surface area contributed by atoms with Gasteiger partial charge in [-0.25, -0.2) is 0 Å². The van der Waals surface area contributed by atoms with Gasteiger partial charge in [0.15, 0.2) is 5.76 Å². The molecule has 0 aliphatic heterocycles. The maximum absolute atomic E-state index is 12.3. The smallest absolute Gasteiger partial charge is 0.325 e. The van der Waals surface area contributed by atoms with Gasteiger partial charge in [0.1, 0.15) is 11.7 Å².